The maximum atomic E-state index is 13.0. The van der Waals surface area contributed by atoms with Crippen molar-refractivity contribution in [3.05, 3.63) is 125 Å². The van der Waals surface area contributed by atoms with Gasteiger partial charge in [-0.05, 0) is 118 Å². The van der Waals surface area contributed by atoms with Crippen LogP contribution in [0, 0.1) is 6.92 Å². The number of rotatable bonds is 12. The van der Waals surface area contributed by atoms with E-state index in [1.165, 1.54) is 0 Å². The van der Waals surface area contributed by atoms with E-state index in [4.69, 9.17) is 9.47 Å². The van der Waals surface area contributed by atoms with E-state index in [0.717, 1.165) is 42.7 Å². The highest BCUT2D eigenvalue weighted by Crippen LogP contribution is 2.36. The first kappa shape index (κ1) is 37.4. The Kier molecular flexibility index (Phi) is 12.1. The summed E-state index contributed by atoms with van der Waals surface area (Å²) in [6.07, 6.45) is 4.66. The zero-order chi connectivity index (χ0) is 37.4. The second-order valence-corrected chi connectivity index (χ2v) is 12.8. The van der Waals surface area contributed by atoms with E-state index in [2.05, 4.69) is 13.8 Å². The fraction of sp³-hybridized carbons (Fsp3) is 0.286. The molecule has 0 spiro atoms. The highest BCUT2D eigenvalue weighted by Gasteiger charge is 2.34. The van der Waals surface area contributed by atoms with Crippen molar-refractivity contribution < 1.29 is 38.9 Å². The summed E-state index contributed by atoms with van der Waals surface area (Å²) >= 11 is 0. The molecule has 0 fully saturated rings. The van der Waals surface area contributed by atoms with E-state index in [9.17, 15) is 29.4 Å². The van der Waals surface area contributed by atoms with Crippen LogP contribution in [0.1, 0.15) is 99.1 Å². The standard InChI is InChI=1S/C21H23NO4.C21H21NO4/c2*1-3-4-12-26-16-10-8-15(9-11-16)20(23)22-14(2)13-18-17(21(24)25)6-5-7-19(18)22/h5-11,14H,3-4,12-13H2,1-2H3,(H,24,25);5-11,13H,3-4,12H2,1-2H3,(H,24,25). The quantitative estimate of drug-likeness (QED) is 0.123. The second-order valence-electron chi connectivity index (χ2n) is 12.8. The van der Waals surface area contributed by atoms with Crippen molar-refractivity contribution in [1.82, 2.24) is 4.57 Å². The molecule has 1 aromatic heterocycles. The number of carbonyl (C=O) groups excluding carboxylic acids is 2. The van der Waals surface area contributed by atoms with Gasteiger partial charge in [0.15, 0.2) is 0 Å². The molecule has 0 saturated heterocycles. The summed E-state index contributed by atoms with van der Waals surface area (Å²) in [5, 5.41) is 19.3. The Morgan fingerprint density at radius 1 is 0.712 bits per heavy atom. The minimum atomic E-state index is -1.01. The van der Waals surface area contributed by atoms with Crippen molar-refractivity contribution in [3.63, 3.8) is 0 Å². The van der Waals surface area contributed by atoms with Crippen LogP contribution in [0.2, 0.25) is 0 Å². The third kappa shape index (κ3) is 8.18. The molecule has 1 aliphatic rings. The molecule has 1 atom stereocenters. The monoisotopic (exact) mass is 704 g/mol. The van der Waals surface area contributed by atoms with Gasteiger partial charge in [-0.25, -0.2) is 9.59 Å². The molecule has 10 heteroatoms. The van der Waals surface area contributed by atoms with Gasteiger partial charge >= 0.3 is 11.9 Å². The fourth-order valence-corrected chi connectivity index (χ4v) is 6.29. The molecular weight excluding hydrogens is 660 g/mol. The van der Waals surface area contributed by atoms with Gasteiger partial charge in [-0.2, -0.15) is 0 Å². The van der Waals surface area contributed by atoms with Gasteiger partial charge in [0, 0.05) is 33.9 Å². The van der Waals surface area contributed by atoms with E-state index < -0.39 is 11.9 Å². The number of unbranched alkanes of at least 4 members (excludes halogenated alkanes) is 2. The average Bonchev–Trinajstić information content (AvgIpc) is 3.66. The van der Waals surface area contributed by atoms with Crippen LogP contribution in [0.4, 0.5) is 5.69 Å². The van der Waals surface area contributed by atoms with Crippen LogP contribution in [-0.4, -0.2) is 57.8 Å². The lowest BCUT2D eigenvalue weighted by molar-refractivity contribution is 0.0686. The number of aromatic carboxylic acids is 2. The molecule has 0 bridgehead atoms. The number of carbonyl (C=O) groups is 4. The number of carboxylic acids is 2. The van der Waals surface area contributed by atoms with Crippen LogP contribution in [-0.2, 0) is 6.42 Å². The van der Waals surface area contributed by atoms with Gasteiger partial charge < -0.3 is 24.6 Å². The molecule has 6 rings (SSSR count). The summed E-state index contributed by atoms with van der Waals surface area (Å²) in [4.78, 5) is 50.5. The van der Waals surface area contributed by atoms with Gasteiger partial charge in [0.1, 0.15) is 11.5 Å². The number of hydrogen-bond acceptors (Lipinski definition) is 6. The minimum Gasteiger partial charge on any atom is -0.494 e. The van der Waals surface area contributed by atoms with Crippen molar-refractivity contribution in [3.8, 4) is 11.5 Å². The maximum absolute atomic E-state index is 13.0. The number of aromatic nitrogens is 1. The lowest BCUT2D eigenvalue weighted by atomic mass is 10.0. The first-order chi connectivity index (χ1) is 25.0. The largest absolute Gasteiger partial charge is 0.494 e. The Morgan fingerprint density at radius 2 is 1.23 bits per heavy atom. The van der Waals surface area contributed by atoms with Crippen molar-refractivity contribution in [2.75, 3.05) is 18.1 Å². The number of hydrogen-bond donors (Lipinski definition) is 2. The van der Waals surface area contributed by atoms with Gasteiger partial charge in [-0.15, -0.1) is 0 Å². The zero-order valence-electron chi connectivity index (χ0n) is 29.9. The Morgan fingerprint density at radius 3 is 1.77 bits per heavy atom. The van der Waals surface area contributed by atoms with E-state index >= 15 is 0 Å². The van der Waals surface area contributed by atoms with Gasteiger partial charge in [0.25, 0.3) is 11.8 Å². The van der Waals surface area contributed by atoms with Crippen LogP contribution in [0.15, 0.2) is 91.0 Å². The number of carboxylic acid groups (broad SMARTS) is 2. The molecule has 10 nitrogen and oxygen atoms in total. The molecule has 52 heavy (non-hydrogen) atoms. The van der Waals surface area contributed by atoms with E-state index in [1.54, 1.807) is 101 Å². The van der Waals surface area contributed by atoms with Crippen LogP contribution >= 0.6 is 0 Å². The molecule has 0 aliphatic carbocycles. The SMILES string of the molecule is CCCCOc1ccc(C(=O)N2c3cccc(C(=O)O)c3CC2C)cc1.CCCCOc1ccc(C(=O)n2c(C)cc3c(C(=O)O)cccc32)cc1. The first-order valence-electron chi connectivity index (χ1n) is 17.6. The van der Waals surface area contributed by atoms with Gasteiger partial charge in [0.05, 0.1) is 29.9 Å². The number of anilines is 1. The second kappa shape index (κ2) is 16.9. The van der Waals surface area contributed by atoms with Crippen molar-refractivity contribution in [2.45, 2.75) is 65.8 Å². The molecule has 0 radical (unpaired) electrons. The lowest BCUT2D eigenvalue weighted by Crippen LogP contribution is -2.35. The molecule has 5 aromatic rings. The summed E-state index contributed by atoms with van der Waals surface area (Å²) in [5.74, 6) is -0.806. The number of amides is 1. The number of nitrogens with zero attached hydrogens (tertiary/aromatic N) is 2. The predicted molar refractivity (Wildman–Crippen MR) is 200 cm³/mol. The summed E-state index contributed by atoms with van der Waals surface area (Å²) < 4.78 is 12.8. The Labute approximate surface area is 303 Å². The Balaban J connectivity index is 0.000000201. The van der Waals surface area contributed by atoms with Crippen LogP contribution in [0.3, 0.4) is 0 Å². The van der Waals surface area contributed by atoms with Gasteiger partial charge in [-0.1, -0.05) is 38.8 Å². The highest BCUT2D eigenvalue weighted by atomic mass is 16.5. The molecule has 0 saturated carbocycles. The summed E-state index contributed by atoms with van der Waals surface area (Å²) in [5.41, 5.74) is 4.24. The van der Waals surface area contributed by atoms with E-state index in [-0.39, 0.29) is 29.0 Å². The normalized spacial score (nSPS) is 13.2. The van der Waals surface area contributed by atoms with E-state index in [1.807, 2.05) is 13.0 Å². The molecule has 2 N–H and O–H groups in total. The molecule has 2 heterocycles. The molecule has 1 amide bonds. The molecule has 270 valence electrons. The minimum absolute atomic E-state index is 0.0847. The summed E-state index contributed by atoms with van der Waals surface area (Å²) in [6, 6.07) is 25.8. The third-order valence-corrected chi connectivity index (χ3v) is 9.00. The summed E-state index contributed by atoms with van der Waals surface area (Å²) in [7, 11) is 0. The van der Waals surface area contributed by atoms with Crippen LogP contribution < -0.4 is 14.4 Å². The molecule has 1 aliphatic heterocycles. The highest BCUT2D eigenvalue weighted by molar-refractivity contribution is 6.10. The predicted octanol–water partition coefficient (Wildman–Crippen LogP) is 8.67. The zero-order valence-corrected chi connectivity index (χ0v) is 29.9. The topological polar surface area (TPSA) is 135 Å². The number of ether oxygens (including phenoxy) is 2. The van der Waals surface area contributed by atoms with Crippen molar-refractivity contribution >= 4 is 40.3 Å². The maximum Gasteiger partial charge on any atom is 0.336 e. The lowest BCUT2D eigenvalue weighted by Gasteiger charge is -2.23. The molecule has 4 aromatic carbocycles. The summed E-state index contributed by atoms with van der Waals surface area (Å²) in [6.45, 7) is 9.26. The third-order valence-electron chi connectivity index (χ3n) is 9.00. The molecule has 1 unspecified atom stereocenters. The number of benzene rings is 4. The fourth-order valence-electron chi connectivity index (χ4n) is 6.29. The van der Waals surface area contributed by atoms with Gasteiger partial charge in [0.2, 0.25) is 0 Å². The van der Waals surface area contributed by atoms with Crippen molar-refractivity contribution in [1.29, 1.82) is 0 Å². The average molecular weight is 705 g/mol. The van der Waals surface area contributed by atoms with Crippen LogP contribution in [0.25, 0.3) is 10.9 Å². The van der Waals surface area contributed by atoms with Crippen LogP contribution in [0.5, 0.6) is 11.5 Å². The Hall–Kier alpha value is -5.90. The van der Waals surface area contributed by atoms with E-state index in [0.29, 0.717) is 53.0 Å². The van der Waals surface area contributed by atoms with Gasteiger partial charge in [-0.3, -0.25) is 14.2 Å². The smallest absolute Gasteiger partial charge is 0.336 e. The number of fused-ring (bicyclic) bond motifs is 2. The first-order valence-corrected chi connectivity index (χ1v) is 17.6. The molecular formula is C42H44N2O8. The Bertz CT molecular complexity index is 2060. The van der Waals surface area contributed by atoms with Crippen molar-refractivity contribution in [2.24, 2.45) is 0 Å². The number of aryl methyl sites for hydroxylation is 1.